The summed E-state index contributed by atoms with van der Waals surface area (Å²) in [6.45, 7) is 53.4. The first kappa shape index (κ1) is 57.3. The first-order valence-corrected chi connectivity index (χ1v) is 17.4. The molecule has 0 saturated carbocycles. The average molecular weight is 619 g/mol. The van der Waals surface area contributed by atoms with E-state index in [9.17, 15) is 0 Å². The third-order valence-electron chi connectivity index (χ3n) is 5.29. The second-order valence-corrected chi connectivity index (χ2v) is 7.94. The van der Waals surface area contributed by atoms with E-state index in [-0.39, 0.29) is 11.3 Å². The van der Waals surface area contributed by atoms with Crippen molar-refractivity contribution in [2.75, 3.05) is 0 Å². The SMILES string of the molecule is C=C/C=C\C(=C/C=C)C(C(/C=C\C)=C/C=C)c1ccc(C(C)(C)/C(C=C)=C/C)cc1.C=CC.CC.CC.CC.CC.CC.CC. The molecule has 0 fully saturated rings. The van der Waals surface area contributed by atoms with E-state index < -0.39 is 0 Å². The Morgan fingerprint density at radius 1 is 0.600 bits per heavy atom. The Kier molecular flexibility index (Phi) is 60.5. The van der Waals surface area contributed by atoms with Crippen molar-refractivity contribution in [1.29, 1.82) is 0 Å². The predicted molar refractivity (Wildman–Crippen MR) is 221 cm³/mol. The van der Waals surface area contributed by atoms with E-state index in [0.717, 1.165) is 5.57 Å². The van der Waals surface area contributed by atoms with Crippen LogP contribution in [0.1, 0.15) is 135 Å². The summed E-state index contributed by atoms with van der Waals surface area (Å²) in [5.74, 6) is 0.0613. The Labute approximate surface area is 286 Å². The number of benzene rings is 1. The van der Waals surface area contributed by atoms with E-state index >= 15 is 0 Å². The van der Waals surface area contributed by atoms with Crippen molar-refractivity contribution >= 4 is 0 Å². The molecule has 0 aromatic heterocycles. The lowest BCUT2D eigenvalue weighted by atomic mass is 9.76. The fourth-order valence-electron chi connectivity index (χ4n) is 3.71. The summed E-state index contributed by atoms with van der Waals surface area (Å²) in [7, 11) is 0. The summed E-state index contributed by atoms with van der Waals surface area (Å²) in [4.78, 5) is 0. The van der Waals surface area contributed by atoms with E-state index in [1.807, 2.05) is 121 Å². The zero-order chi connectivity index (χ0) is 37.3. The highest BCUT2D eigenvalue weighted by atomic mass is 14.3. The second-order valence-electron chi connectivity index (χ2n) is 7.94. The molecule has 258 valence electrons. The fraction of sp³-hybridized carbons (Fsp3) is 0.422. The summed E-state index contributed by atoms with van der Waals surface area (Å²) in [5.41, 5.74) is 5.90. The van der Waals surface area contributed by atoms with Crippen LogP contribution < -0.4 is 0 Å². The lowest BCUT2D eigenvalue weighted by Gasteiger charge is -2.28. The van der Waals surface area contributed by atoms with Crippen LogP contribution in [-0.2, 0) is 5.41 Å². The molecule has 0 heterocycles. The molecule has 1 rings (SSSR count). The molecule has 0 aliphatic carbocycles. The molecule has 0 spiro atoms. The van der Waals surface area contributed by atoms with Crippen LogP contribution in [-0.4, -0.2) is 0 Å². The summed E-state index contributed by atoms with van der Waals surface area (Å²) < 4.78 is 0. The van der Waals surface area contributed by atoms with Crippen LogP contribution in [0.15, 0.2) is 147 Å². The number of allylic oxidation sites excluding steroid dienone is 15. The van der Waals surface area contributed by atoms with Crippen LogP contribution in [0.25, 0.3) is 0 Å². The average Bonchev–Trinajstić information content (AvgIpc) is 3.10. The van der Waals surface area contributed by atoms with Gasteiger partial charge < -0.3 is 0 Å². The highest BCUT2D eigenvalue weighted by Gasteiger charge is 2.24. The van der Waals surface area contributed by atoms with Crippen LogP contribution in [0.2, 0.25) is 0 Å². The molecule has 1 atom stereocenters. The Morgan fingerprint density at radius 2 is 0.978 bits per heavy atom. The molecule has 0 nitrogen and oxygen atoms in total. The third-order valence-corrected chi connectivity index (χ3v) is 5.29. The van der Waals surface area contributed by atoms with Gasteiger partial charge in [0, 0.05) is 11.3 Å². The first-order chi connectivity index (χ1) is 21.8. The highest BCUT2D eigenvalue weighted by molar-refractivity contribution is 5.50. The molecular formula is C45H78. The van der Waals surface area contributed by atoms with Crippen molar-refractivity contribution in [3.63, 3.8) is 0 Å². The van der Waals surface area contributed by atoms with Gasteiger partial charge in [-0.2, -0.15) is 0 Å². The van der Waals surface area contributed by atoms with Crippen LogP contribution in [0.3, 0.4) is 0 Å². The molecule has 0 radical (unpaired) electrons. The lowest BCUT2D eigenvalue weighted by Crippen LogP contribution is -2.19. The van der Waals surface area contributed by atoms with E-state index in [0.29, 0.717) is 0 Å². The maximum atomic E-state index is 3.98. The summed E-state index contributed by atoms with van der Waals surface area (Å²) in [6, 6.07) is 8.88. The Bertz CT molecular complexity index is 934. The summed E-state index contributed by atoms with van der Waals surface area (Å²) in [5, 5.41) is 0. The van der Waals surface area contributed by atoms with Crippen molar-refractivity contribution < 1.29 is 0 Å². The molecule has 0 saturated heterocycles. The van der Waals surface area contributed by atoms with Crippen LogP contribution in [0.5, 0.6) is 0 Å². The van der Waals surface area contributed by atoms with E-state index in [1.54, 1.807) is 12.2 Å². The van der Waals surface area contributed by atoms with Gasteiger partial charge in [-0.1, -0.05) is 220 Å². The molecule has 45 heavy (non-hydrogen) atoms. The van der Waals surface area contributed by atoms with E-state index in [2.05, 4.69) is 114 Å². The van der Waals surface area contributed by atoms with Gasteiger partial charge in [0.05, 0.1) is 0 Å². The minimum absolute atomic E-state index is 0.0613. The minimum atomic E-state index is -0.101. The molecule has 1 aromatic rings. The fourth-order valence-corrected chi connectivity index (χ4v) is 3.71. The zero-order valence-corrected chi connectivity index (χ0v) is 33.4. The number of hydrogen-bond acceptors (Lipinski definition) is 0. The Hall–Kier alpha value is -3.38. The van der Waals surface area contributed by atoms with Gasteiger partial charge in [0.25, 0.3) is 0 Å². The molecular weight excluding hydrogens is 540 g/mol. The van der Waals surface area contributed by atoms with Gasteiger partial charge in [-0.25, -0.2) is 0 Å². The molecule has 0 heteroatoms. The van der Waals surface area contributed by atoms with Crippen molar-refractivity contribution in [1.82, 2.24) is 0 Å². The first-order valence-electron chi connectivity index (χ1n) is 17.4. The molecule has 1 aromatic carbocycles. The van der Waals surface area contributed by atoms with Crippen molar-refractivity contribution in [3.05, 3.63) is 158 Å². The maximum absolute atomic E-state index is 3.98. The Balaban J connectivity index is -0.000000166. The lowest BCUT2D eigenvalue weighted by molar-refractivity contribution is 0.638. The molecule has 0 aliphatic rings. The standard InChI is InChI=1S/C30H36.C3H6.6C2H6/c1-9-15-19-25(18-12-4)29(24(16-10-2)17-11-3)26-20-22-28(23-21-26)30(7,8)27(13-5)14-6;1-3-2;6*1-2/h9-23,29H,1-2,4-5H2,3,6-8H3;3H,1H2,2H3;6*1-2H3/b17-11-,19-15-,24-16+,25-18+,27-14+;;;;;;;. The molecule has 0 bridgehead atoms. The van der Waals surface area contributed by atoms with Gasteiger partial charge in [-0.3, -0.25) is 0 Å². The monoisotopic (exact) mass is 619 g/mol. The normalized spacial score (nSPS) is 10.9. The van der Waals surface area contributed by atoms with Gasteiger partial charge in [0.15, 0.2) is 0 Å². The van der Waals surface area contributed by atoms with E-state index in [1.165, 1.54) is 22.3 Å². The van der Waals surface area contributed by atoms with Gasteiger partial charge >= 0.3 is 0 Å². The topological polar surface area (TPSA) is 0 Å². The molecule has 0 aliphatic heterocycles. The van der Waals surface area contributed by atoms with E-state index in [4.69, 9.17) is 0 Å². The molecule has 0 amide bonds. The van der Waals surface area contributed by atoms with Crippen molar-refractivity contribution in [3.8, 4) is 0 Å². The minimum Gasteiger partial charge on any atom is -0.103 e. The predicted octanol–water partition coefficient (Wildman–Crippen LogP) is 16.1. The Morgan fingerprint density at radius 3 is 1.27 bits per heavy atom. The highest BCUT2D eigenvalue weighted by Crippen LogP contribution is 2.37. The second kappa shape index (κ2) is 47.5. The maximum Gasteiger partial charge on any atom is 0.0339 e. The smallest absolute Gasteiger partial charge is 0.0339 e. The third kappa shape index (κ3) is 26.7. The summed E-state index contributed by atoms with van der Waals surface area (Å²) >= 11 is 0. The van der Waals surface area contributed by atoms with Crippen molar-refractivity contribution in [2.45, 2.75) is 129 Å². The molecule has 1 unspecified atom stereocenters. The van der Waals surface area contributed by atoms with Crippen LogP contribution in [0.4, 0.5) is 0 Å². The van der Waals surface area contributed by atoms with Gasteiger partial charge in [0.1, 0.15) is 0 Å². The van der Waals surface area contributed by atoms with Crippen molar-refractivity contribution in [2.24, 2.45) is 0 Å². The van der Waals surface area contributed by atoms with Gasteiger partial charge in [0.2, 0.25) is 0 Å². The zero-order valence-electron chi connectivity index (χ0n) is 33.4. The quantitative estimate of drug-likeness (QED) is 0.171. The van der Waals surface area contributed by atoms with Crippen LogP contribution >= 0.6 is 0 Å². The number of hydrogen-bond donors (Lipinski definition) is 0. The van der Waals surface area contributed by atoms with Crippen LogP contribution in [0, 0.1) is 0 Å². The molecule has 0 N–H and O–H groups in total. The largest absolute Gasteiger partial charge is 0.103 e. The van der Waals surface area contributed by atoms with Gasteiger partial charge in [-0.15, -0.1) is 6.58 Å². The number of rotatable bonds is 11. The van der Waals surface area contributed by atoms with Gasteiger partial charge in [-0.05, 0) is 48.6 Å². The summed E-state index contributed by atoms with van der Waals surface area (Å²) in [6.07, 6.45) is 23.7.